The second-order valence-electron chi connectivity index (χ2n) is 8.58. The Hall–Kier alpha value is -2.43. The summed E-state index contributed by atoms with van der Waals surface area (Å²) in [6, 6.07) is 6.99. The van der Waals surface area contributed by atoms with Gasteiger partial charge in [-0.1, -0.05) is 17.7 Å². The van der Waals surface area contributed by atoms with Gasteiger partial charge in [0.1, 0.15) is 5.82 Å². The highest BCUT2D eigenvalue weighted by Gasteiger charge is 2.58. The highest BCUT2D eigenvalue weighted by Crippen LogP contribution is 2.47. The molecular formula is C22H24F3N3O3S. The van der Waals surface area contributed by atoms with Crippen LogP contribution >= 0.6 is 0 Å². The molecule has 1 aliphatic heterocycles. The lowest BCUT2D eigenvalue weighted by Gasteiger charge is -2.20. The third-order valence-electron chi connectivity index (χ3n) is 6.17. The van der Waals surface area contributed by atoms with E-state index in [2.05, 4.69) is 5.32 Å². The summed E-state index contributed by atoms with van der Waals surface area (Å²) in [7, 11) is -3.57. The summed E-state index contributed by atoms with van der Waals surface area (Å²) >= 11 is 0. The number of halogens is 3. The zero-order chi connectivity index (χ0) is 23.2. The number of nitrogens with one attached hydrogen (secondary N) is 1. The smallest absolute Gasteiger partial charge is 0.243 e. The normalized spacial score (nSPS) is 23.6. The number of rotatable bonds is 7. The molecule has 1 heterocycles. The van der Waals surface area contributed by atoms with Gasteiger partial charge in [0.15, 0.2) is 11.6 Å². The summed E-state index contributed by atoms with van der Waals surface area (Å²) in [6.07, 6.45) is -0.226. The second kappa shape index (κ2) is 8.49. The fourth-order valence-electron chi connectivity index (χ4n) is 4.32. The predicted octanol–water partition coefficient (Wildman–Crippen LogP) is 2.11. The Bertz CT molecular complexity index is 1130. The van der Waals surface area contributed by atoms with Gasteiger partial charge in [0.25, 0.3) is 0 Å². The minimum absolute atomic E-state index is 0.0408. The van der Waals surface area contributed by atoms with Gasteiger partial charge in [0.05, 0.1) is 4.90 Å². The van der Waals surface area contributed by atoms with Gasteiger partial charge in [0.2, 0.25) is 15.9 Å². The van der Waals surface area contributed by atoms with Crippen LogP contribution in [0.4, 0.5) is 13.2 Å². The number of carbonyl (C=O) groups is 1. The zero-order valence-electron chi connectivity index (χ0n) is 17.4. The average molecular weight is 468 g/mol. The van der Waals surface area contributed by atoms with Gasteiger partial charge in [-0.15, -0.1) is 0 Å². The number of piperidine rings is 1. The molecule has 3 N–H and O–H groups in total. The van der Waals surface area contributed by atoms with Gasteiger partial charge in [-0.2, -0.15) is 4.31 Å². The third kappa shape index (κ3) is 4.53. The van der Waals surface area contributed by atoms with Gasteiger partial charge in [0, 0.05) is 37.7 Å². The van der Waals surface area contributed by atoms with Crippen LogP contribution in [0.3, 0.4) is 0 Å². The van der Waals surface area contributed by atoms with Gasteiger partial charge < -0.3 is 11.1 Å². The highest BCUT2D eigenvalue weighted by molar-refractivity contribution is 7.89. The molecule has 0 aromatic heterocycles. The summed E-state index contributed by atoms with van der Waals surface area (Å²) in [5, 5.41) is 2.86. The van der Waals surface area contributed by atoms with Crippen molar-refractivity contribution in [2.75, 3.05) is 13.1 Å². The first-order valence-electron chi connectivity index (χ1n) is 10.3. The van der Waals surface area contributed by atoms with E-state index in [1.807, 2.05) is 6.92 Å². The van der Waals surface area contributed by atoms with Crippen LogP contribution in [0.5, 0.6) is 0 Å². The van der Waals surface area contributed by atoms with Crippen LogP contribution < -0.4 is 11.1 Å². The van der Waals surface area contributed by atoms with Crippen LogP contribution in [0.1, 0.15) is 17.5 Å². The SMILES string of the molecule is Cc1ccc(S(=O)(=O)N2C[C@@H]3C(NC(=O)C[C@H](N)Cc4cc(F)c(F)cc4F)[C@@H]3C2)cc1. The van der Waals surface area contributed by atoms with Crippen LogP contribution in [-0.4, -0.2) is 43.8 Å². The standard InChI is InChI=1S/C22H24F3N3O3S/c1-12-2-4-15(5-3-12)32(30,31)28-10-16-17(11-28)22(16)27-21(29)8-14(26)6-13-7-19(24)20(25)9-18(13)23/h2-5,7,9,14,16-17,22H,6,8,10-11,26H2,1H3,(H,27,29)/t14-,16-,17+,22?/m1/s1. The van der Waals surface area contributed by atoms with Gasteiger partial charge in [-0.3, -0.25) is 4.79 Å². The van der Waals surface area contributed by atoms with Crippen molar-refractivity contribution in [1.82, 2.24) is 9.62 Å². The minimum Gasteiger partial charge on any atom is -0.353 e. The first-order chi connectivity index (χ1) is 15.1. The molecule has 172 valence electrons. The number of aryl methyl sites for hydroxylation is 1. The molecule has 4 atom stereocenters. The number of amides is 1. The molecule has 1 amide bonds. The van der Waals surface area contributed by atoms with Crippen molar-refractivity contribution < 1.29 is 26.4 Å². The molecule has 2 aromatic carbocycles. The maximum Gasteiger partial charge on any atom is 0.243 e. The fourth-order valence-corrected chi connectivity index (χ4v) is 5.83. The van der Waals surface area contributed by atoms with Crippen LogP contribution in [0.25, 0.3) is 0 Å². The Morgan fingerprint density at radius 1 is 1.09 bits per heavy atom. The molecule has 1 aliphatic carbocycles. The highest BCUT2D eigenvalue weighted by atomic mass is 32.2. The molecule has 2 aliphatic rings. The Kier molecular flexibility index (Phi) is 6.04. The molecule has 2 aromatic rings. The van der Waals surface area contributed by atoms with Crippen LogP contribution in [0.2, 0.25) is 0 Å². The van der Waals surface area contributed by atoms with Crippen molar-refractivity contribution in [1.29, 1.82) is 0 Å². The first-order valence-corrected chi connectivity index (χ1v) is 11.8. The fraction of sp³-hybridized carbons (Fsp3) is 0.409. The Balaban J connectivity index is 1.27. The van der Waals surface area contributed by atoms with Crippen molar-refractivity contribution in [2.45, 2.75) is 36.7 Å². The maximum absolute atomic E-state index is 13.8. The summed E-state index contributed by atoms with van der Waals surface area (Å²) in [5.74, 6) is -3.62. The molecule has 2 fully saturated rings. The molecule has 10 heteroatoms. The van der Waals surface area contributed by atoms with Crippen molar-refractivity contribution in [2.24, 2.45) is 17.6 Å². The zero-order valence-corrected chi connectivity index (χ0v) is 18.2. The summed E-state index contributed by atoms with van der Waals surface area (Å²) < 4.78 is 67.1. The van der Waals surface area contributed by atoms with Crippen LogP contribution in [0, 0.1) is 36.2 Å². The Morgan fingerprint density at radius 3 is 2.31 bits per heavy atom. The van der Waals surface area contributed by atoms with Crippen molar-refractivity contribution in [3.63, 3.8) is 0 Å². The molecule has 6 nitrogen and oxygen atoms in total. The van der Waals surface area contributed by atoms with Gasteiger partial charge >= 0.3 is 0 Å². The Morgan fingerprint density at radius 2 is 1.69 bits per heavy atom. The van der Waals surface area contributed by atoms with Crippen molar-refractivity contribution in [3.8, 4) is 0 Å². The van der Waals surface area contributed by atoms with Gasteiger partial charge in [-0.25, -0.2) is 21.6 Å². The van der Waals surface area contributed by atoms with E-state index in [4.69, 9.17) is 5.73 Å². The van der Waals surface area contributed by atoms with Crippen molar-refractivity contribution >= 4 is 15.9 Å². The monoisotopic (exact) mass is 467 g/mol. The number of nitrogens with two attached hydrogens (primary N) is 1. The summed E-state index contributed by atoms with van der Waals surface area (Å²) in [5.41, 5.74) is 6.78. The van der Waals surface area contributed by atoms with Crippen LogP contribution in [0.15, 0.2) is 41.3 Å². The van der Waals surface area contributed by atoms with E-state index < -0.39 is 33.5 Å². The van der Waals surface area contributed by atoms with E-state index in [0.717, 1.165) is 11.6 Å². The molecule has 4 rings (SSSR count). The summed E-state index contributed by atoms with van der Waals surface area (Å²) in [4.78, 5) is 12.6. The minimum atomic E-state index is -3.57. The van der Waals surface area contributed by atoms with E-state index in [-0.39, 0.29) is 47.1 Å². The predicted molar refractivity (Wildman–Crippen MR) is 111 cm³/mol. The van der Waals surface area contributed by atoms with E-state index in [1.165, 1.54) is 4.31 Å². The largest absolute Gasteiger partial charge is 0.353 e. The van der Waals surface area contributed by atoms with E-state index >= 15 is 0 Å². The molecule has 32 heavy (non-hydrogen) atoms. The van der Waals surface area contributed by atoms with Gasteiger partial charge in [-0.05, 0) is 48.9 Å². The molecule has 0 radical (unpaired) electrons. The van der Waals surface area contributed by atoms with E-state index in [1.54, 1.807) is 24.3 Å². The third-order valence-corrected chi connectivity index (χ3v) is 8.01. The number of carbonyl (C=O) groups excluding carboxylic acids is 1. The molecular weight excluding hydrogens is 443 g/mol. The molecule has 1 unspecified atom stereocenters. The molecule has 1 saturated carbocycles. The summed E-state index contributed by atoms with van der Waals surface area (Å²) in [6.45, 7) is 2.55. The first kappa shape index (κ1) is 22.8. The second-order valence-corrected chi connectivity index (χ2v) is 10.5. The number of nitrogens with zero attached hydrogens (tertiary/aromatic N) is 1. The Labute approximate surface area is 184 Å². The number of hydrogen-bond acceptors (Lipinski definition) is 4. The number of benzene rings is 2. The molecule has 0 spiro atoms. The lowest BCUT2D eigenvalue weighted by molar-refractivity contribution is -0.121. The number of sulfonamides is 1. The lowest BCUT2D eigenvalue weighted by Crippen LogP contribution is -2.39. The number of fused-ring (bicyclic) bond motifs is 1. The molecule has 1 saturated heterocycles. The topological polar surface area (TPSA) is 92.5 Å². The van der Waals surface area contributed by atoms with Crippen LogP contribution in [-0.2, 0) is 21.2 Å². The van der Waals surface area contributed by atoms with E-state index in [9.17, 15) is 26.4 Å². The number of hydrogen-bond donors (Lipinski definition) is 2. The van der Waals surface area contributed by atoms with E-state index in [0.29, 0.717) is 19.2 Å². The molecule has 0 bridgehead atoms. The quantitative estimate of drug-likeness (QED) is 0.610. The maximum atomic E-state index is 13.8. The average Bonchev–Trinajstić information content (AvgIpc) is 3.14. The lowest BCUT2D eigenvalue weighted by atomic mass is 10.0. The van der Waals surface area contributed by atoms with Crippen molar-refractivity contribution in [3.05, 3.63) is 65.0 Å².